The van der Waals surface area contributed by atoms with Crippen LogP contribution >= 0.6 is 0 Å². The van der Waals surface area contributed by atoms with E-state index in [0.29, 0.717) is 6.04 Å². The molecule has 1 aromatic carbocycles. The highest BCUT2D eigenvalue weighted by Gasteiger charge is 2.31. The molecule has 2 N–H and O–H groups in total. The third kappa shape index (κ3) is 4.21. The first-order chi connectivity index (χ1) is 9.92. The van der Waals surface area contributed by atoms with Crippen molar-refractivity contribution < 1.29 is 9.53 Å². The average Bonchev–Trinajstić information content (AvgIpc) is 2.42. The van der Waals surface area contributed by atoms with Crippen LogP contribution in [0.4, 0.5) is 11.4 Å². The maximum absolute atomic E-state index is 11.2. The molecule has 21 heavy (non-hydrogen) atoms. The summed E-state index contributed by atoms with van der Waals surface area (Å²) in [5, 5.41) is 6.45. The fourth-order valence-electron chi connectivity index (χ4n) is 2.78. The lowest BCUT2D eigenvalue weighted by atomic mass is 9.89. The standard InChI is InChI=1S/C17H26N2O2/c1-5-17(4)11-15(8-9-21-17)19-16-10-14(18-13(3)20)7-6-12(16)2/h6-7,10,15,19H,5,8-9,11H2,1-4H3,(H,18,20). The molecule has 1 aromatic rings. The largest absolute Gasteiger partial charge is 0.382 e. The zero-order valence-corrected chi connectivity index (χ0v) is 13.5. The molecule has 0 spiro atoms. The van der Waals surface area contributed by atoms with Crippen LogP contribution in [0.5, 0.6) is 0 Å². The molecular weight excluding hydrogens is 264 g/mol. The second-order valence-corrected chi connectivity index (χ2v) is 6.20. The van der Waals surface area contributed by atoms with E-state index in [4.69, 9.17) is 4.74 Å². The highest BCUT2D eigenvalue weighted by atomic mass is 16.5. The Morgan fingerprint density at radius 3 is 2.90 bits per heavy atom. The monoisotopic (exact) mass is 290 g/mol. The number of carbonyl (C=O) groups excluding carboxylic acids is 1. The predicted octanol–water partition coefficient (Wildman–Crippen LogP) is 3.71. The van der Waals surface area contributed by atoms with Crippen LogP contribution in [0.1, 0.15) is 45.6 Å². The van der Waals surface area contributed by atoms with Gasteiger partial charge < -0.3 is 15.4 Å². The van der Waals surface area contributed by atoms with Gasteiger partial charge in [-0.15, -0.1) is 0 Å². The third-order valence-corrected chi connectivity index (χ3v) is 4.26. The summed E-state index contributed by atoms with van der Waals surface area (Å²) in [6.45, 7) is 8.76. The lowest BCUT2D eigenvalue weighted by Gasteiger charge is -2.38. The Labute approximate surface area is 127 Å². The SMILES string of the molecule is CCC1(C)CC(Nc2cc(NC(C)=O)ccc2C)CCO1. The van der Waals surface area contributed by atoms with Crippen LogP contribution in [0.25, 0.3) is 0 Å². The summed E-state index contributed by atoms with van der Waals surface area (Å²) in [6.07, 6.45) is 3.04. The van der Waals surface area contributed by atoms with Crippen LogP contribution in [-0.4, -0.2) is 24.2 Å². The number of nitrogens with one attached hydrogen (secondary N) is 2. The number of rotatable bonds is 4. The molecule has 2 atom stereocenters. The fourth-order valence-corrected chi connectivity index (χ4v) is 2.78. The van der Waals surface area contributed by atoms with E-state index >= 15 is 0 Å². The maximum Gasteiger partial charge on any atom is 0.221 e. The maximum atomic E-state index is 11.2. The molecule has 0 radical (unpaired) electrons. The van der Waals surface area contributed by atoms with E-state index in [2.05, 4.69) is 31.4 Å². The first kappa shape index (κ1) is 15.8. The minimum absolute atomic E-state index is 0.0287. The first-order valence-electron chi connectivity index (χ1n) is 7.70. The molecule has 0 aliphatic carbocycles. The van der Waals surface area contributed by atoms with Gasteiger partial charge in [-0.3, -0.25) is 4.79 Å². The van der Waals surface area contributed by atoms with E-state index in [9.17, 15) is 4.79 Å². The van der Waals surface area contributed by atoms with E-state index in [0.717, 1.165) is 37.2 Å². The Kier molecular flexibility index (Phi) is 4.88. The molecule has 2 rings (SSSR count). The average molecular weight is 290 g/mol. The van der Waals surface area contributed by atoms with E-state index in [1.165, 1.54) is 12.5 Å². The molecule has 1 saturated heterocycles. The van der Waals surface area contributed by atoms with Gasteiger partial charge in [0.2, 0.25) is 5.91 Å². The van der Waals surface area contributed by atoms with Crippen LogP contribution in [0.15, 0.2) is 18.2 Å². The Morgan fingerprint density at radius 1 is 1.48 bits per heavy atom. The van der Waals surface area contributed by atoms with Gasteiger partial charge in [0, 0.05) is 30.9 Å². The van der Waals surface area contributed by atoms with Crippen LogP contribution in [-0.2, 0) is 9.53 Å². The van der Waals surface area contributed by atoms with Crippen molar-refractivity contribution in [3.63, 3.8) is 0 Å². The summed E-state index contributed by atoms with van der Waals surface area (Å²) in [7, 11) is 0. The minimum atomic E-state index is -0.0468. The van der Waals surface area contributed by atoms with E-state index < -0.39 is 0 Å². The van der Waals surface area contributed by atoms with E-state index in [1.54, 1.807) is 0 Å². The second-order valence-electron chi connectivity index (χ2n) is 6.20. The summed E-state index contributed by atoms with van der Waals surface area (Å²) in [5.41, 5.74) is 3.08. The van der Waals surface area contributed by atoms with Gasteiger partial charge in [-0.25, -0.2) is 0 Å². The van der Waals surface area contributed by atoms with Gasteiger partial charge in [-0.05, 0) is 50.8 Å². The number of ether oxygens (including phenoxy) is 1. The van der Waals surface area contributed by atoms with Crippen LogP contribution in [0, 0.1) is 6.92 Å². The number of carbonyl (C=O) groups is 1. The highest BCUT2D eigenvalue weighted by molar-refractivity contribution is 5.89. The fraction of sp³-hybridized carbons (Fsp3) is 0.588. The van der Waals surface area contributed by atoms with Crippen molar-refractivity contribution in [1.29, 1.82) is 0 Å². The molecule has 0 bridgehead atoms. The highest BCUT2D eigenvalue weighted by Crippen LogP contribution is 2.30. The molecule has 1 aliphatic heterocycles. The quantitative estimate of drug-likeness (QED) is 0.888. The van der Waals surface area contributed by atoms with Gasteiger partial charge in [0.1, 0.15) is 0 Å². The minimum Gasteiger partial charge on any atom is -0.382 e. The third-order valence-electron chi connectivity index (χ3n) is 4.26. The van der Waals surface area contributed by atoms with Crippen molar-refractivity contribution >= 4 is 17.3 Å². The summed E-state index contributed by atoms with van der Waals surface area (Å²) in [5.74, 6) is -0.0468. The normalized spacial score (nSPS) is 25.4. The summed E-state index contributed by atoms with van der Waals surface area (Å²) < 4.78 is 5.89. The number of amides is 1. The van der Waals surface area contributed by atoms with Gasteiger partial charge >= 0.3 is 0 Å². The van der Waals surface area contributed by atoms with Gasteiger partial charge in [-0.2, -0.15) is 0 Å². The molecule has 1 heterocycles. The van der Waals surface area contributed by atoms with E-state index in [1.807, 2.05) is 18.2 Å². The summed E-state index contributed by atoms with van der Waals surface area (Å²) >= 11 is 0. The molecular formula is C17H26N2O2. The number of benzene rings is 1. The Hall–Kier alpha value is -1.55. The lowest BCUT2D eigenvalue weighted by molar-refractivity contribution is -0.114. The smallest absolute Gasteiger partial charge is 0.221 e. The number of anilines is 2. The molecule has 2 unspecified atom stereocenters. The molecule has 4 nitrogen and oxygen atoms in total. The molecule has 0 aromatic heterocycles. The van der Waals surface area contributed by atoms with Crippen molar-refractivity contribution in [1.82, 2.24) is 0 Å². The summed E-state index contributed by atoms with van der Waals surface area (Å²) in [4.78, 5) is 11.2. The number of hydrogen-bond donors (Lipinski definition) is 2. The van der Waals surface area contributed by atoms with Gasteiger partial charge in [0.25, 0.3) is 0 Å². The molecule has 1 fully saturated rings. The first-order valence-corrected chi connectivity index (χ1v) is 7.70. The topological polar surface area (TPSA) is 50.4 Å². The number of hydrogen-bond acceptors (Lipinski definition) is 3. The number of aryl methyl sites for hydroxylation is 1. The molecule has 0 saturated carbocycles. The van der Waals surface area contributed by atoms with Crippen molar-refractivity contribution in [2.75, 3.05) is 17.2 Å². The van der Waals surface area contributed by atoms with Gasteiger partial charge in [0.15, 0.2) is 0 Å². The van der Waals surface area contributed by atoms with Crippen molar-refractivity contribution in [3.8, 4) is 0 Å². The zero-order valence-electron chi connectivity index (χ0n) is 13.5. The van der Waals surface area contributed by atoms with E-state index in [-0.39, 0.29) is 11.5 Å². The molecule has 1 aliphatic rings. The molecule has 1 amide bonds. The Bertz CT molecular complexity index is 516. The molecule has 116 valence electrons. The van der Waals surface area contributed by atoms with Crippen molar-refractivity contribution in [2.24, 2.45) is 0 Å². The van der Waals surface area contributed by atoms with Gasteiger partial charge in [-0.1, -0.05) is 13.0 Å². The van der Waals surface area contributed by atoms with Crippen molar-refractivity contribution in [3.05, 3.63) is 23.8 Å². The zero-order chi connectivity index (χ0) is 15.5. The predicted molar refractivity (Wildman–Crippen MR) is 86.8 cm³/mol. The van der Waals surface area contributed by atoms with Crippen LogP contribution < -0.4 is 10.6 Å². The van der Waals surface area contributed by atoms with Gasteiger partial charge in [0.05, 0.1) is 5.60 Å². The molecule has 4 heteroatoms. The lowest BCUT2D eigenvalue weighted by Crippen LogP contribution is -2.41. The second kappa shape index (κ2) is 6.48. The van der Waals surface area contributed by atoms with Crippen LogP contribution in [0.3, 0.4) is 0 Å². The Balaban J connectivity index is 2.09. The Morgan fingerprint density at radius 2 is 2.24 bits per heavy atom. The van der Waals surface area contributed by atoms with Crippen molar-refractivity contribution in [2.45, 2.75) is 58.6 Å². The van der Waals surface area contributed by atoms with Crippen LogP contribution in [0.2, 0.25) is 0 Å². The summed E-state index contributed by atoms with van der Waals surface area (Å²) in [6, 6.07) is 6.39.